The zero-order chi connectivity index (χ0) is 24.4. The minimum atomic E-state index is -3.74. The Balaban J connectivity index is 1.71. The summed E-state index contributed by atoms with van der Waals surface area (Å²) >= 11 is 0. The van der Waals surface area contributed by atoms with Crippen LogP contribution in [0.25, 0.3) is 0 Å². The van der Waals surface area contributed by atoms with Crippen molar-refractivity contribution in [3.63, 3.8) is 0 Å². The van der Waals surface area contributed by atoms with Gasteiger partial charge in [0.05, 0.1) is 16.8 Å². The van der Waals surface area contributed by atoms with Gasteiger partial charge in [-0.2, -0.15) is 4.31 Å². The van der Waals surface area contributed by atoms with Crippen LogP contribution in [0.3, 0.4) is 0 Å². The average Bonchev–Trinajstić information content (AvgIpc) is 2.75. The maximum atomic E-state index is 12.9. The molecule has 2 N–H and O–H groups in total. The molecule has 1 aliphatic heterocycles. The lowest BCUT2D eigenvalue weighted by molar-refractivity contribution is -0.129. The minimum Gasteiger partial charge on any atom is -0.340 e. The first-order valence-electron chi connectivity index (χ1n) is 10.1. The van der Waals surface area contributed by atoms with Gasteiger partial charge < -0.3 is 10.2 Å². The van der Waals surface area contributed by atoms with E-state index in [0.717, 1.165) is 6.26 Å². The summed E-state index contributed by atoms with van der Waals surface area (Å²) in [5.74, 6) is -0.557. The number of carbonyl (C=O) groups is 2. The van der Waals surface area contributed by atoms with Gasteiger partial charge in [0.1, 0.15) is 0 Å². The van der Waals surface area contributed by atoms with Gasteiger partial charge in [0.15, 0.2) is 0 Å². The molecule has 1 fully saturated rings. The molecule has 3 rings (SSSR count). The van der Waals surface area contributed by atoms with E-state index in [-0.39, 0.29) is 29.5 Å². The van der Waals surface area contributed by atoms with E-state index in [2.05, 4.69) is 10.0 Å². The van der Waals surface area contributed by atoms with Gasteiger partial charge in [0.2, 0.25) is 26.0 Å². The number of benzene rings is 2. The highest BCUT2D eigenvalue weighted by atomic mass is 32.2. The summed E-state index contributed by atoms with van der Waals surface area (Å²) in [6.07, 6.45) is 1.04. The summed E-state index contributed by atoms with van der Waals surface area (Å²) in [6.45, 7) is 4.28. The standard InChI is InChI=1S/C21H26N4O6S2/c1-15-4-7-18(14-20(15)23-32(3,28)29)22-21(27)17-5-8-19(9-6-17)33(30,31)25-12-10-24(11-13-25)16(2)26/h4-9,14,23H,10-13H2,1-3H3,(H,22,27). The maximum Gasteiger partial charge on any atom is 0.255 e. The van der Waals surface area contributed by atoms with E-state index in [0.29, 0.717) is 30.0 Å². The van der Waals surface area contributed by atoms with Gasteiger partial charge in [-0.05, 0) is 48.9 Å². The molecule has 0 bridgehead atoms. The first-order chi connectivity index (χ1) is 15.4. The van der Waals surface area contributed by atoms with Crippen LogP contribution in [0.15, 0.2) is 47.4 Å². The number of amides is 2. The number of rotatable bonds is 6. The predicted molar refractivity (Wildman–Crippen MR) is 125 cm³/mol. The van der Waals surface area contributed by atoms with Gasteiger partial charge in [-0.15, -0.1) is 0 Å². The Labute approximate surface area is 193 Å². The third-order valence-electron chi connectivity index (χ3n) is 5.23. The Hall–Kier alpha value is -2.96. The van der Waals surface area contributed by atoms with E-state index in [1.165, 1.54) is 41.6 Å². The topological polar surface area (TPSA) is 133 Å². The maximum absolute atomic E-state index is 12.9. The van der Waals surface area contributed by atoms with Crippen molar-refractivity contribution in [1.29, 1.82) is 0 Å². The minimum absolute atomic E-state index is 0.0605. The molecule has 178 valence electrons. The van der Waals surface area contributed by atoms with Crippen molar-refractivity contribution in [3.8, 4) is 0 Å². The van der Waals surface area contributed by atoms with Crippen molar-refractivity contribution >= 4 is 43.2 Å². The molecular formula is C21H26N4O6S2. The average molecular weight is 495 g/mol. The monoisotopic (exact) mass is 494 g/mol. The molecule has 1 aliphatic rings. The van der Waals surface area contributed by atoms with Crippen molar-refractivity contribution in [3.05, 3.63) is 53.6 Å². The van der Waals surface area contributed by atoms with Crippen LogP contribution in [-0.4, -0.2) is 70.3 Å². The van der Waals surface area contributed by atoms with Crippen LogP contribution in [-0.2, 0) is 24.8 Å². The van der Waals surface area contributed by atoms with Crippen LogP contribution < -0.4 is 10.0 Å². The zero-order valence-corrected chi connectivity index (χ0v) is 20.2. The van der Waals surface area contributed by atoms with Gasteiger partial charge in [-0.1, -0.05) is 6.07 Å². The summed E-state index contributed by atoms with van der Waals surface area (Å²) in [4.78, 5) is 25.7. The highest BCUT2D eigenvalue weighted by Gasteiger charge is 2.29. The molecule has 0 unspecified atom stereocenters. The van der Waals surface area contributed by atoms with E-state index < -0.39 is 26.0 Å². The van der Waals surface area contributed by atoms with E-state index in [9.17, 15) is 26.4 Å². The second kappa shape index (κ2) is 9.49. The normalized spacial score (nSPS) is 15.2. The molecule has 0 atom stereocenters. The van der Waals surface area contributed by atoms with Crippen LogP contribution >= 0.6 is 0 Å². The fourth-order valence-electron chi connectivity index (χ4n) is 3.38. The van der Waals surface area contributed by atoms with Crippen molar-refractivity contribution in [2.75, 3.05) is 42.5 Å². The van der Waals surface area contributed by atoms with Crippen LogP contribution in [0.5, 0.6) is 0 Å². The lowest BCUT2D eigenvalue weighted by Gasteiger charge is -2.33. The number of carbonyl (C=O) groups excluding carboxylic acids is 2. The van der Waals surface area contributed by atoms with Gasteiger partial charge in [-0.3, -0.25) is 14.3 Å². The molecule has 2 aromatic carbocycles. The first kappa shape index (κ1) is 24.7. The Morgan fingerprint density at radius 3 is 2.06 bits per heavy atom. The summed E-state index contributed by atoms with van der Waals surface area (Å²) in [6, 6.07) is 10.4. The molecule has 2 aromatic rings. The largest absolute Gasteiger partial charge is 0.340 e. The Bertz CT molecular complexity index is 1270. The van der Waals surface area contributed by atoms with Crippen LogP contribution in [0.4, 0.5) is 11.4 Å². The predicted octanol–water partition coefficient (Wildman–Crippen LogP) is 1.47. The fraction of sp³-hybridized carbons (Fsp3) is 0.333. The van der Waals surface area contributed by atoms with Crippen molar-refractivity contribution in [2.45, 2.75) is 18.7 Å². The number of nitrogens with one attached hydrogen (secondary N) is 2. The Kier molecular flexibility index (Phi) is 7.10. The molecule has 0 saturated carbocycles. The van der Waals surface area contributed by atoms with Crippen LogP contribution in [0.1, 0.15) is 22.8 Å². The first-order valence-corrected chi connectivity index (χ1v) is 13.5. The molecule has 1 heterocycles. The van der Waals surface area contributed by atoms with Crippen molar-refractivity contribution in [2.24, 2.45) is 0 Å². The fourth-order valence-corrected chi connectivity index (χ4v) is 5.42. The summed E-state index contributed by atoms with van der Waals surface area (Å²) in [5.41, 5.74) is 1.67. The number of anilines is 2. The highest BCUT2D eigenvalue weighted by molar-refractivity contribution is 7.92. The second-order valence-electron chi connectivity index (χ2n) is 7.79. The van der Waals surface area contributed by atoms with E-state index in [1.54, 1.807) is 24.0 Å². The summed E-state index contributed by atoms with van der Waals surface area (Å²) in [5, 5.41) is 2.68. The zero-order valence-electron chi connectivity index (χ0n) is 18.5. The number of sulfonamides is 2. The smallest absolute Gasteiger partial charge is 0.255 e. The highest BCUT2D eigenvalue weighted by Crippen LogP contribution is 2.23. The van der Waals surface area contributed by atoms with E-state index in [4.69, 9.17) is 0 Å². The summed E-state index contributed by atoms with van der Waals surface area (Å²) in [7, 11) is -7.22. The third kappa shape index (κ3) is 6.09. The number of hydrogen-bond donors (Lipinski definition) is 2. The lowest BCUT2D eigenvalue weighted by atomic mass is 10.1. The number of nitrogens with zero attached hydrogens (tertiary/aromatic N) is 2. The summed E-state index contributed by atoms with van der Waals surface area (Å²) < 4.78 is 52.5. The lowest BCUT2D eigenvalue weighted by Crippen LogP contribution is -2.49. The Morgan fingerprint density at radius 1 is 0.909 bits per heavy atom. The Morgan fingerprint density at radius 2 is 1.52 bits per heavy atom. The molecule has 2 amide bonds. The van der Waals surface area contributed by atoms with Gasteiger partial charge in [0.25, 0.3) is 5.91 Å². The molecular weight excluding hydrogens is 468 g/mol. The van der Waals surface area contributed by atoms with Gasteiger partial charge in [0, 0.05) is 44.4 Å². The molecule has 0 aromatic heterocycles. The van der Waals surface area contributed by atoms with Gasteiger partial charge >= 0.3 is 0 Å². The molecule has 0 spiro atoms. The quantitative estimate of drug-likeness (QED) is 0.625. The number of aryl methyl sites for hydroxylation is 1. The molecule has 12 heteroatoms. The molecule has 0 radical (unpaired) electrons. The SMILES string of the molecule is CC(=O)N1CCN(S(=O)(=O)c2ccc(C(=O)Nc3ccc(C)c(NS(C)(=O)=O)c3)cc2)CC1. The molecule has 10 nitrogen and oxygen atoms in total. The van der Waals surface area contributed by atoms with Crippen molar-refractivity contribution < 1.29 is 26.4 Å². The molecule has 0 aliphatic carbocycles. The number of hydrogen-bond acceptors (Lipinski definition) is 6. The van der Waals surface area contributed by atoms with E-state index in [1.807, 2.05) is 0 Å². The molecule has 1 saturated heterocycles. The van der Waals surface area contributed by atoms with Crippen LogP contribution in [0, 0.1) is 6.92 Å². The third-order valence-corrected chi connectivity index (χ3v) is 7.73. The van der Waals surface area contributed by atoms with Crippen LogP contribution in [0.2, 0.25) is 0 Å². The van der Waals surface area contributed by atoms with E-state index >= 15 is 0 Å². The van der Waals surface area contributed by atoms with Gasteiger partial charge in [-0.25, -0.2) is 16.8 Å². The number of piperazine rings is 1. The van der Waals surface area contributed by atoms with Crippen molar-refractivity contribution in [1.82, 2.24) is 9.21 Å². The molecule has 33 heavy (non-hydrogen) atoms. The second-order valence-corrected chi connectivity index (χ2v) is 11.5.